The molecule has 13 heteroatoms. The Bertz CT molecular complexity index is 2150. The SMILES string of the molecule is CC(=O)n1c(-c2ccnn2-c2ccc(C#N)cc2)c(C)n(-c2cccc(C(F)(F)F)c2)c1=O.CCCC1CC2C[N+](C)(C)CC2C1.COSc1ccccc1. The van der Waals surface area contributed by atoms with E-state index in [4.69, 9.17) is 9.44 Å². The van der Waals surface area contributed by atoms with Crippen LogP contribution in [-0.2, 0) is 10.4 Å². The van der Waals surface area contributed by atoms with Gasteiger partial charge >= 0.3 is 11.9 Å². The van der Waals surface area contributed by atoms with Gasteiger partial charge in [0, 0.05) is 35.7 Å². The molecule has 3 aromatic carbocycles. The number of hydrogen-bond acceptors (Lipinski definition) is 6. The molecular weight excluding hydrogens is 726 g/mol. The van der Waals surface area contributed by atoms with Gasteiger partial charge in [-0.05, 0) is 86.3 Å². The highest BCUT2D eigenvalue weighted by Gasteiger charge is 2.45. The summed E-state index contributed by atoms with van der Waals surface area (Å²) in [4.78, 5) is 26.8. The van der Waals surface area contributed by atoms with Crippen molar-refractivity contribution in [3.05, 3.63) is 118 Å². The smallest absolute Gasteiger partial charge is 0.328 e. The van der Waals surface area contributed by atoms with Gasteiger partial charge in [-0.2, -0.15) is 23.5 Å². The van der Waals surface area contributed by atoms with Gasteiger partial charge in [-0.3, -0.25) is 9.36 Å². The first-order chi connectivity index (χ1) is 26.2. The van der Waals surface area contributed by atoms with Crippen molar-refractivity contribution in [3.8, 4) is 28.8 Å². The second-order valence-corrected chi connectivity index (χ2v) is 15.7. The average Bonchev–Trinajstić information content (AvgIpc) is 3.89. The summed E-state index contributed by atoms with van der Waals surface area (Å²) in [5, 5.41) is 13.3. The molecule has 2 aliphatic rings. The number of quaternary nitrogens is 1. The number of carbonyl (C=O) groups excluding carboxylic acids is 1. The van der Waals surface area contributed by atoms with Gasteiger partial charge in [0.1, 0.15) is 0 Å². The van der Waals surface area contributed by atoms with Crippen LogP contribution in [-0.4, -0.2) is 63.6 Å². The Labute approximate surface area is 324 Å². The molecule has 0 amide bonds. The van der Waals surface area contributed by atoms with Gasteiger partial charge in [-0.25, -0.2) is 14.0 Å². The zero-order valence-corrected chi connectivity index (χ0v) is 32.9. The Morgan fingerprint density at radius 3 is 2.20 bits per heavy atom. The Morgan fingerprint density at radius 2 is 1.64 bits per heavy atom. The molecule has 1 aliphatic carbocycles. The highest BCUT2D eigenvalue weighted by molar-refractivity contribution is 7.94. The van der Waals surface area contributed by atoms with Crippen molar-refractivity contribution in [3.63, 3.8) is 0 Å². The number of rotatable bonds is 7. The molecule has 2 unspecified atom stereocenters. The molecule has 55 heavy (non-hydrogen) atoms. The molecule has 9 nitrogen and oxygen atoms in total. The second kappa shape index (κ2) is 17.7. The van der Waals surface area contributed by atoms with Crippen LogP contribution in [0.4, 0.5) is 13.2 Å². The number of nitrogens with zero attached hydrogens (tertiary/aromatic N) is 6. The first-order valence-electron chi connectivity index (χ1n) is 18.3. The molecule has 1 saturated carbocycles. The molecular formula is C42H48F3N6O3S+. The standard InChI is InChI=1S/C23H16F3N5O2.C12H24N.C7H8OS/c1-14-21(20-10-11-28-31(20)18-8-6-16(13-27)7-9-18)30(15(2)32)22(33)29(14)19-5-3-4-17(12-19)23(24,25)26;1-4-5-10-6-11-8-13(2,3)9-12(11)7-10;1-8-9-7-5-3-2-4-6-7/h3-12H,1-2H3;10-12H,4-9H2,1-3H3;2-6H,1H3/q;+1;. The van der Waals surface area contributed by atoms with Gasteiger partial charge in [0.25, 0.3) is 0 Å². The van der Waals surface area contributed by atoms with E-state index < -0.39 is 23.3 Å². The van der Waals surface area contributed by atoms with Crippen molar-refractivity contribution in [1.82, 2.24) is 18.9 Å². The van der Waals surface area contributed by atoms with Crippen LogP contribution in [0.15, 0.2) is 101 Å². The molecule has 2 fully saturated rings. The summed E-state index contributed by atoms with van der Waals surface area (Å²) in [7, 11) is 6.46. The number of likely N-dealkylation sites (tertiary alicyclic amines) is 1. The number of benzene rings is 3. The lowest BCUT2D eigenvalue weighted by molar-refractivity contribution is -0.881. The number of imidazole rings is 1. The minimum Gasteiger partial charge on any atom is -0.328 e. The lowest BCUT2D eigenvalue weighted by Crippen LogP contribution is -2.37. The number of halogens is 3. The lowest BCUT2D eigenvalue weighted by atomic mass is 10.0. The minimum absolute atomic E-state index is 0.0157. The topological polar surface area (TPSA) is 94.8 Å². The van der Waals surface area contributed by atoms with E-state index in [2.05, 4.69) is 26.1 Å². The summed E-state index contributed by atoms with van der Waals surface area (Å²) >= 11 is 1.38. The predicted octanol–water partition coefficient (Wildman–Crippen LogP) is 9.21. The zero-order valence-electron chi connectivity index (χ0n) is 32.1. The third-order valence-corrected chi connectivity index (χ3v) is 10.8. The van der Waals surface area contributed by atoms with Crippen LogP contribution in [0.1, 0.15) is 61.1 Å². The second-order valence-electron chi connectivity index (χ2n) is 14.8. The molecule has 3 heterocycles. The Hall–Kier alpha value is -4.90. The van der Waals surface area contributed by atoms with E-state index in [1.165, 1.54) is 72.4 Å². The van der Waals surface area contributed by atoms with Crippen LogP contribution in [0, 0.1) is 36.0 Å². The van der Waals surface area contributed by atoms with Crippen molar-refractivity contribution in [1.29, 1.82) is 5.26 Å². The molecule has 1 saturated heterocycles. The van der Waals surface area contributed by atoms with E-state index in [0.717, 1.165) is 43.9 Å². The van der Waals surface area contributed by atoms with E-state index >= 15 is 0 Å². The van der Waals surface area contributed by atoms with Gasteiger partial charge in [0.05, 0.1) is 86.1 Å². The maximum Gasteiger partial charge on any atom is 0.416 e. The minimum atomic E-state index is -4.59. The third-order valence-electron chi connectivity index (χ3n) is 10.2. The molecule has 290 valence electrons. The van der Waals surface area contributed by atoms with E-state index in [0.29, 0.717) is 16.9 Å². The van der Waals surface area contributed by atoms with Crippen molar-refractivity contribution in [2.75, 3.05) is 34.3 Å². The van der Waals surface area contributed by atoms with E-state index in [1.54, 1.807) is 57.2 Å². The van der Waals surface area contributed by atoms with Crippen LogP contribution in [0.25, 0.3) is 22.8 Å². The third kappa shape index (κ3) is 9.86. The fraction of sp³-hybridized carbons (Fsp3) is 0.381. The van der Waals surface area contributed by atoms with Gasteiger partial charge in [0.2, 0.25) is 5.91 Å². The van der Waals surface area contributed by atoms with Crippen LogP contribution < -0.4 is 5.69 Å². The molecule has 1 aliphatic heterocycles. The van der Waals surface area contributed by atoms with E-state index in [9.17, 15) is 22.8 Å². The monoisotopic (exact) mass is 773 g/mol. The average molecular weight is 774 g/mol. The van der Waals surface area contributed by atoms with E-state index in [1.807, 2.05) is 36.4 Å². The van der Waals surface area contributed by atoms with Crippen molar-refractivity contribution < 1.29 is 26.6 Å². The lowest BCUT2D eigenvalue weighted by Gasteiger charge is -2.25. The Balaban J connectivity index is 0.000000213. The summed E-state index contributed by atoms with van der Waals surface area (Å²) in [5.74, 6) is 2.63. The highest BCUT2D eigenvalue weighted by Crippen LogP contribution is 2.44. The van der Waals surface area contributed by atoms with Crippen LogP contribution in [0.2, 0.25) is 0 Å². The summed E-state index contributed by atoms with van der Waals surface area (Å²) in [6.07, 6.45) is 2.85. The largest absolute Gasteiger partial charge is 0.416 e. The number of hydrogen-bond donors (Lipinski definition) is 0. The molecule has 0 N–H and O–H groups in total. The summed E-state index contributed by atoms with van der Waals surface area (Å²) in [5.41, 5.74) is 0.153. The normalized spacial score (nSPS) is 18.4. The van der Waals surface area contributed by atoms with Crippen molar-refractivity contribution in [2.24, 2.45) is 17.8 Å². The summed E-state index contributed by atoms with van der Waals surface area (Å²) < 4.78 is 49.3. The summed E-state index contributed by atoms with van der Waals surface area (Å²) in [6, 6.07) is 24.4. The fourth-order valence-electron chi connectivity index (χ4n) is 8.03. The zero-order chi connectivity index (χ0) is 39.9. The van der Waals surface area contributed by atoms with Gasteiger partial charge in [-0.1, -0.05) is 44.0 Å². The number of nitriles is 1. The fourth-order valence-corrected chi connectivity index (χ4v) is 8.50. The number of carbonyl (C=O) groups is 1. The summed E-state index contributed by atoms with van der Waals surface area (Å²) in [6.45, 7) is 7.97. The maximum absolute atomic E-state index is 13.2. The molecule has 0 spiro atoms. The molecule has 2 atom stereocenters. The molecule has 5 aromatic rings. The van der Waals surface area contributed by atoms with Crippen LogP contribution in [0.5, 0.6) is 0 Å². The van der Waals surface area contributed by atoms with Gasteiger partial charge in [0.15, 0.2) is 0 Å². The Morgan fingerprint density at radius 1 is 0.982 bits per heavy atom. The first-order valence-corrected chi connectivity index (χ1v) is 19.1. The van der Waals surface area contributed by atoms with E-state index in [-0.39, 0.29) is 17.1 Å². The number of alkyl halides is 3. The van der Waals surface area contributed by atoms with Crippen LogP contribution in [0.3, 0.4) is 0 Å². The predicted molar refractivity (Wildman–Crippen MR) is 209 cm³/mol. The van der Waals surface area contributed by atoms with Crippen molar-refractivity contribution in [2.45, 2.75) is 57.5 Å². The van der Waals surface area contributed by atoms with Crippen molar-refractivity contribution >= 4 is 17.9 Å². The first kappa shape index (κ1) is 41.3. The number of fused-ring (bicyclic) bond motifs is 1. The molecule has 7 rings (SSSR count). The maximum atomic E-state index is 13.2. The molecule has 0 bridgehead atoms. The molecule has 0 radical (unpaired) electrons. The highest BCUT2D eigenvalue weighted by atomic mass is 32.2. The quantitative estimate of drug-likeness (QED) is 0.121. The van der Waals surface area contributed by atoms with Gasteiger partial charge < -0.3 is 8.67 Å². The van der Waals surface area contributed by atoms with Gasteiger partial charge in [-0.15, -0.1) is 0 Å². The van der Waals surface area contributed by atoms with Crippen LogP contribution >= 0.6 is 12.0 Å². The number of aromatic nitrogens is 4. The Kier molecular flexibility index (Phi) is 13.3. The molecule has 2 aromatic heterocycles.